The zero-order chi connectivity index (χ0) is 11.6. The Morgan fingerprint density at radius 1 is 0.600 bits per heavy atom. The summed E-state index contributed by atoms with van der Waals surface area (Å²) in [5.74, 6) is 0. The lowest BCUT2D eigenvalue weighted by Crippen LogP contribution is -2.02. The van der Waals surface area contributed by atoms with Crippen molar-refractivity contribution < 1.29 is 17.3 Å². The van der Waals surface area contributed by atoms with Crippen LogP contribution >= 0.6 is 0 Å². The van der Waals surface area contributed by atoms with Crippen molar-refractivity contribution in [2.75, 3.05) is 0 Å². The molecule has 84 valence electrons. The fraction of sp³-hybridized carbons (Fsp3) is 0. The molecular weight excluding hydrogens is 211 g/mol. The van der Waals surface area contributed by atoms with Gasteiger partial charge in [0.1, 0.15) is 0 Å². The second-order valence-electron chi connectivity index (χ2n) is 2.26. The molecule has 0 aliphatic heterocycles. The topological polar surface area (TPSA) is 31.6 Å². The lowest BCUT2D eigenvalue weighted by atomic mass is 10.3. The molecule has 2 aromatic heterocycles. The number of rotatable bonds is 0. The predicted octanol–water partition coefficient (Wildman–Crippen LogP) is 3.33. The van der Waals surface area contributed by atoms with E-state index in [-0.39, 0.29) is 0 Å². The fourth-order valence-corrected chi connectivity index (χ4v) is 0.556. The van der Waals surface area contributed by atoms with E-state index in [1.807, 2.05) is 49.1 Å². The van der Waals surface area contributed by atoms with Crippen molar-refractivity contribution >= 4 is 7.25 Å². The molecule has 0 unspecified atom stereocenters. The summed E-state index contributed by atoms with van der Waals surface area (Å²) in [4.78, 5) is 5.72. The Kier molecular flexibility index (Phi) is 6.87. The average molecular weight is 221 g/mol. The Balaban J connectivity index is 0.000000196. The fourth-order valence-electron chi connectivity index (χ4n) is 0.556. The zero-order valence-electron chi connectivity index (χ0n) is 7.71. The van der Waals surface area contributed by atoms with Gasteiger partial charge in [0.05, 0.1) is 0 Å². The van der Waals surface area contributed by atoms with Crippen LogP contribution in [-0.4, -0.2) is 17.2 Å². The van der Waals surface area contributed by atoms with Crippen LogP contribution in [0.2, 0.25) is 0 Å². The van der Waals surface area contributed by atoms with Gasteiger partial charge in [0.2, 0.25) is 0 Å². The SMILES string of the molecule is F[B-](F)(F)F.c1cc[nH]c1.c1cc[nH]c1. The van der Waals surface area contributed by atoms with Crippen LogP contribution in [-0.2, 0) is 0 Å². The summed E-state index contributed by atoms with van der Waals surface area (Å²) in [6, 6.07) is 7.78. The normalized spacial score (nSPS) is 9.33. The van der Waals surface area contributed by atoms with Crippen LogP contribution in [0, 0.1) is 0 Å². The van der Waals surface area contributed by atoms with Gasteiger partial charge in [0, 0.05) is 24.8 Å². The summed E-state index contributed by atoms with van der Waals surface area (Å²) in [7, 11) is -6.00. The highest BCUT2D eigenvalue weighted by Gasteiger charge is 2.20. The van der Waals surface area contributed by atoms with Gasteiger partial charge in [-0.15, -0.1) is 0 Å². The van der Waals surface area contributed by atoms with E-state index in [9.17, 15) is 17.3 Å². The van der Waals surface area contributed by atoms with E-state index in [0.29, 0.717) is 0 Å². The third kappa shape index (κ3) is 19.0. The van der Waals surface area contributed by atoms with Crippen molar-refractivity contribution in [1.29, 1.82) is 0 Å². The number of hydrogen-bond acceptors (Lipinski definition) is 0. The van der Waals surface area contributed by atoms with Gasteiger partial charge in [-0.05, 0) is 24.3 Å². The van der Waals surface area contributed by atoms with E-state index >= 15 is 0 Å². The number of H-pyrrole nitrogens is 2. The molecule has 0 aromatic carbocycles. The standard InChI is InChI=1S/2C4H5N.BF4/c2*1-2-4-5-3-1;2-1(3,4)5/h2*1-5H;/q;;-1. The summed E-state index contributed by atoms with van der Waals surface area (Å²) in [5, 5.41) is 0. The molecule has 0 radical (unpaired) electrons. The monoisotopic (exact) mass is 221 g/mol. The summed E-state index contributed by atoms with van der Waals surface area (Å²) < 4.78 is 39.0. The minimum atomic E-state index is -6.00. The van der Waals surface area contributed by atoms with Gasteiger partial charge in [-0.25, -0.2) is 0 Å². The Labute approximate surface area is 84.4 Å². The summed E-state index contributed by atoms with van der Waals surface area (Å²) in [5.41, 5.74) is 0. The number of hydrogen-bond donors (Lipinski definition) is 2. The van der Waals surface area contributed by atoms with E-state index in [1.165, 1.54) is 0 Å². The Morgan fingerprint density at radius 2 is 0.800 bits per heavy atom. The van der Waals surface area contributed by atoms with Crippen LogP contribution in [0.5, 0.6) is 0 Å². The largest absolute Gasteiger partial charge is 0.673 e. The van der Waals surface area contributed by atoms with Gasteiger partial charge in [-0.2, -0.15) is 0 Å². The Morgan fingerprint density at radius 3 is 0.867 bits per heavy atom. The first kappa shape index (κ1) is 13.3. The third-order valence-electron chi connectivity index (χ3n) is 0.992. The average Bonchev–Trinajstić information content (AvgIpc) is 2.81. The van der Waals surface area contributed by atoms with E-state index < -0.39 is 7.25 Å². The zero-order valence-corrected chi connectivity index (χ0v) is 7.71. The quantitative estimate of drug-likeness (QED) is 0.505. The molecule has 2 heterocycles. The number of aromatic amines is 2. The molecule has 7 heteroatoms. The highest BCUT2D eigenvalue weighted by Crippen LogP contribution is 2.06. The van der Waals surface area contributed by atoms with Gasteiger partial charge >= 0.3 is 7.25 Å². The Hall–Kier alpha value is -1.66. The van der Waals surface area contributed by atoms with E-state index in [0.717, 1.165) is 0 Å². The second-order valence-corrected chi connectivity index (χ2v) is 2.26. The number of aromatic nitrogens is 2. The molecule has 0 saturated carbocycles. The third-order valence-corrected chi connectivity index (χ3v) is 0.992. The van der Waals surface area contributed by atoms with Crippen molar-refractivity contribution in [3.8, 4) is 0 Å². The molecule has 15 heavy (non-hydrogen) atoms. The second kappa shape index (κ2) is 7.72. The molecule has 0 aliphatic carbocycles. The predicted molar refractivity (Wildman–Crippen MR) is 51.8 cm³/mol. The first-order valence-corrected chi connectivity index (χ1v) is 4.03. The van der Waals surface area contributed by atoms with Gasteiger partial charge < -0.3 is 27.2 Å². The van der Waals surface area contributed by atoms with E-state index in [1.54, 1.807) is 0 Å². The number of halogens is 4. The minimum absolute atomic E-state index is 1.88. The summed E-state index contributed by atoms with van der Waals surface area (Å²) in [6.07, 6.45) is 7.50. The molecule has 0 amide bonds. The van der Waals surface area contributed by atoms with Crippen LogP contribution < -0.4 is 0 Å². The van der Waals surface area contributed by atoms with Gasteiger partial charge in [-0.1, -0.05) is 0 Å². The van der Waals surface area contributed by atoms with Crippen molar-refractivity contribution in [2.24, 2.45) is 0 Å². The maximum atomic E-state index is 9.75. The molecule has 0 fully saturated rings. The van der Waals surface area contributed by atoms with Gasteiger partial charge in [0.15, 0.2) is 0 Å². The van der Waals surface area contributed by atoms with E-state index in [2.05, 4.69) is 9.97 Å². The maximum absolute atomic E-state index is 9.75. The molecule has 2 N–H and O–H groups in total. The van der Waals surface area contributed by atoms with Crippen LogP contribution in [0.3, 0.4) is 0 Å². The number of nitrogens with one attached hydrogen (secondary N) is 2. The smallest absolute Gasteiger partial charge is 0.418 e. The van der Waals surface area contributed by atoms with Crippen molar-refractivity contribution in [3.05, 3.63) is 49.1 Å². The highest BCUT2D eigenvalue weighted by atomic mass is 19.5. The minimum Gasteiger partial charge on any atom is -0.418 e. The summed E-state index contributed by atoms with van der Waals surface area (Å²) >= 11 is 0. The molecule has 0 atom stereocenters. The molecule has 2 rings (SSSR count). The first-order valence-electron chi connectivity index (χ1n) is 4.03. The molecule has 2 nitrogen and oxygen atoms in total. The lowest BCUT2D eigenvalue weighted by molar-refractivity contribution is 0.368. The van der Waals surface area contributed by atoms with Crippen LogP contribution in [0.15, 0.2) is 49.1 Å². The molecular formula is C8H10BF4N2-. The van der Waals surface area contributed by atoms with Crippen LogP contribution in [0.1, 0.15) is 0 Å². The lowest BCUT2D eigenvalue weighted by Gasteiger charge is -1.94. The maximum Gasteiger partial charge on any atom is 0.673 e. The Bertz CT molecular complexity index is 224. The highest BCUT2D eigenvalue weighted by molar-refractivity contribution is 6.50. The molecule has 0 spiro atoms. The molecule has 0 saturated heterocycles. The first-order chi connectivity index (χ1) is 7.00. The molecule has 2 aromatic rings. The van der Waals surface area contributed by atoms with Crippen molar-refractivity contribution in [3.63, 3.8) is 0 Å². The van der Waals surface area contributed by atoms with E-state index in [4.69, 9.17) is 0 Å². The van der Waals surface area contributed by atoms with Crippen molar-refractivity contribution in [1.82, 2.24) is 9.97 Å². The molecule has 0 bridgehead atoms. The van der Waals surface area contributed by atoms with Crippen LogP contribution in [0.4, 0.5) is 17.3 Å². The van der Waals surface area contributed by atoms with Gasteiger partial charge in [-0.3, -0.25) is 0 Å². The van der Waals surface area contributed by atoms with Crippen LogP contribution in [0.25, 0.3) is 0 Å². The van der Waals surface area contributed by atoms with Crippen molar-refractivity contribution in [2.45, 2.75) is 0 Å². The molecule has 0 aliphatic rings. The summed E-state index contributed by atoms with van der Waals surface area (Å²) in [6.45, 7) is 0. The van der Waals surface area contributed by atoms with Gasteiger partial charge in [0.25, 0.3) is 0 Å².